The van der Waals surface area contributed by atoms with Gasteiger partial charge in [-0.1, -0.05) is 48.5 Å². The number of amides is 1. The number of para-hydroxylation sites is 1. The van der Waals surface area contributed by atoms with Gasteiger partial charge in [-0.05, 0) is 66.9 Å². The van der Waals surface area contributed by atoms with Crippen molar-refractivity contribution in [1.82, 2.24) is 0 Å². The number of allylic oxidation sites excluding steroid dienone is 1. The summed E-state index contributed by atoms with van der Waals surface area (Å²) in [4.78, 5) is 12.7. The van der Waals surface area contributed by atoms with Crippen LogP contribution in [0.1, 0.15) is 25.0 Å². The van der Waals surface area contributed by atoms with Gasteiger partial charge in [-0.2, -0.15) is 0 Å². The zero-order valence-electron chi connectivity index (χ0n) is 20.4. The first-order valence-electron chi connectivity index (χ1n) is 11.9. The second-order valence-corrected chi connectivity index (χ2v) is 8.70. The monoisotopic (exact) mass is 479 g/mol. The Hall–Kier alpha value is -4.38. The number of halogens is 1. The second-order valence-electron chi connectivity index (χ2n) is 8.70. The molecule has 0 saturated carbocycles. The normalized spacial score (nSPS) is 11.7. The molecule has 1 aromatic heterocycles. The Labute approximate surface area is 209 Å². The van der Waals surface area contributed by atoms with Gasteiger partial charge in [0.25, 0.3) is 0 Å². The van der Waals surface area contributed by atoms with Crippen molar-refractivity contribution in [1.29, 1.82) is 0 Å². The zero-order chi connectivity index (χ0) is 25.2. The summed E-state index contributed by atoms with van der Waals surface area (Å²) in [7, 11) is 0. The third kappa shape index (κ3) is 4.36. The summed E-state index contributed by atoms with van der Waals surface area (Å²) in [5, 5.41) is 5.86. The van der Waals surface area contributed by atoms with E-state index in [1.807, 2.05) is 39.0 Å². The van der Waals surface area contributed by atoms with Gasteiger partial charge in [-0.15, -0.1) is 0 Å². The van der Waals surface area contributed by atoms with Crippen molar-refractivity contribution in [2.75, 3.05) is 11.9 Å². The van der Waals surface area contributed by atoms with Crippen molar-refractivity contribution in [3.63, 3.8) is 0 Å². The lowest BCUT2D eigenvalue weighted by Crippen LogP contribution is -2.10. The van der Waals surface area contributed by atoms with Gasteiger partial charge in [0.1, 0.15) is 17.1 Å². The topological polar surface area (TPSA) is 51.5 Å². The van der Waals surface area contributed by atoms with Gasteiger partial charge in [0.2, 0.25) is 5.91 Å². The third-order valence-corrected chi connectivity index (χ3v) is 6.30. The Balaban J connectivity index is 1.60. The first-order valence-corrected chi connectivity index (χ1v) is 11.9. The average Bonchev–Trinajstić information content (AvgIpc) is 3.31. The lowest BCUT2D eigenvalue weighted by Gasteiger charge is -2.15. The van der Waals surface area contributed by atoms with Crippen LogP contribution in [0.2, 0.25) is 0 Å². The molecule has 36 heavy (non-hydrogen) atoms. The lowest BCUT2D eigenvalue weighted by molar-refractivity contribution is -0.111. The van der Waals surface area contributed by atoms with Gasteiger partial charge in [-0.3, -0.25) is 4.79 Å². The van der Waals surface area contributed by atoms with Gasteiger partial charge in [0.05, 0.1) is 18.6 Å². The molecule has 5 heteroatoms. The molecule has 0 atom stereocenters. The summed E-state index contributed by atoms with van der Waals surface area (Å²) in [5.41, 5.74) is 5.23. The van der Waals surface area contributed by atoms with Gasteiger partial charge < -0.3 is 14.5 Å². The van der Waals surface area contributed by atoms with E-state index in [2.05, 4.69) is 35.6 Å². The van der Waals surface area contributed by atoms with E-state index < -0.39 is 11.7 Å². The molecule has 1 heterocycles. The highest BCUT2D eigenvalue weighted by Gasteiger charge is 2.19. The predicted molar refractivity (Wildman–Crippen MR) is 144 cm³/mol. The third-order valence-electron chi connectivity index (χ3n) is 6.30. The molecule has 0 saturated heterocycles. The van der Waals surface area contributed by atoms with Crippen molar-refractivity contribution in [3.8, 4) is 16.9 Å². The molecule has 4 aromatic carbocycles. The van der Waals surface area contributed by atoms with Crippen LogP contribution in [0.15, 0.2) is 89.6 Å². The Morgan fingerprint density at radius 1 is 1.03 bits per heavy atom. The molecule has 0 spiro atoms. The van der Waals surface area contributed by atoms with E-state index in [1.165, 1.54) is 23.6 Å². The smallest absolute Gasteiger partial charge is 0.248 e. The van der Waals surface area contributed by atoms with Crippen LogP contribution in [0.5, 0.6) is 5.75 Å². The molecule has 0 unspecified atom stereocenters. The van der Waals surface area contributed by atoms with Crippen LogP contribution in [-0.4, -0.2) is 12.5 Å². The minimum absolute atomic E-state index is 0.136. The van der Waals surface area contributed by atoms with E-state index in [4.69, 9.17) is 9.15 Å². The SMILES string of the molecule is CCOc1c(/C(C)=C/C(=O)Nc2ccccc2F)cc2c(-c3ccc4ccccc4c3)coc2c1C. The molecule has 1 N–H and O–H groups in total. The first-order chi connectivity index (χ1) is 17.5. The number of benzene rings is 4. The number of fused-ring (bicyclic) bond motifs is 2. The molecule has 4 nitrogen and oxygen atoms in total. The highest BCUT2D eigenvalue weighted by atomic mass is 19.1. The molecule has 0 fully saturated rings. The summed E-state index contributed by atoms with van der Waals surface area (Å²) < 4.78 is 26.0. The average molecular weight is 480 g/mol. The lowest BCUT2D eigenvalue weighted by atomic mass is 9.95. The molecule has 0 aliphatic heterocycles. The number of hydrogen-bond donors (Lipinski definition) is 1. The molecule has 0 radical (unpaired) electrons. The highest BCUT2D eigenvalue weighted by Crippen LogP contribution is 2.41. The molecular weight excluding hydrogens is 453 g/mol. The molecule has 5 rings (SSSR count). The Morgan fingerprint density at radius 2 is 1.78 bits per heavy atom. The minimum Gasteiger partial charge on any atom is -0.493 e. The van der Waals surface area contributed by atoms with Crippen LogP contribution >= 0.6 is 0 Å². The maximum atomic E-state index is 14.0. The zero-order valence-corrected chi connectivity index (χ0v) is 20.4. The molecular formula is C31H26FNO3. The van der Waals surface area contributed by atoms with E-state index in [1.54, 1.807) is 18.4 Å². The Morgan fingerprint density at radius 3 is 2.56 bits per heavy atom. The van der Waals surface area contributed by atoms with Crippen molar-refractivity contribution in [2.24, 2.45) is 0 Å². The highest BCUT2D eigenvalue weighted by molar-refractivity contribution is 6.06. The fraction of sp³-hybridized carbons (Fsp3) is 0.129. The summed E-state index contributed by atoms with van der Waals surface area (Å²) in [6.07, 6.45) is 3.23. The van der Waals surface area contributed by atoms with Crippen LogP contribution in [0, 0.1) is 12.7 Å². The number of anilines is 1. The van der Waals surface area contributed by atoms with E-state index in [9.17, 15) is 9.18 Å². The van der Waals surface area contributed by atoms with Gasteiger partial charge in [0, 0.05) is 28.2 Å². The summed E-state index contributed by atoms with van der Waals surface area (Å²) in [6.45, 7) is 6.18. The van der Waals surface area contributed by atoms with Crippen molar-refractivity contribution in [3.05, 3.63) is 102 Å². The van der Waals surface area contributed by atoms with Gasteiger partial charge >= 0.3 is 0 Å². The quantitative estimate of drug-likeness (QED) is 0.250. The Kier molecular flexibility index (Phi) is 6.30. The van der Waals surface area contributed by atoms with E-state index in [-0.39, 0.29) is 5.69 Å². The number of carbonyl (C=O) groups is 1. The Bertz CT molecular complexity index is 1630. The van der Waals surface area contributed by atoms with Crippen LogP contribution in [0.4, 0.5) is 10.1 Å². The molecule has 180 valence electrons. The fourth-order valence-electron chi connectivity index (χ4n) is 4.53. The van der Waals surface area contributed by atoms with E-state index >= 15 is 0 Å². The van der Waals surface area contributed by atoms with Crippen molar-refractivity contribution < 1.29 is 18.3 Å². The fourth-order valence-corrected chi connectivity index (χ4v) is 4.53. The minimum atomic E-state index is -0.484. The summed E-state index contributed by atoms with van der Waals surface area (Å²) in [5.74, 6) is -0.237. The van der Waals surface area contributed by atoms with Gasteiger partial charge in [0.15, 0.2) is 0 Å². The number of furan rings is 1. The summed E-state index contributed by atoms with van der Waals surface area (Å²) in [6, 6.07) is 22.7. The second kappa shape index (κ2) is 9.70. The van der Waals surface area contributed by atoms with Crippen LogP contribution in [0.25, 0.3) is 38.4 Å². The predicted octanol–water partition coefficient (Wildman–Crippen LogP) is 8.14. The van der Waals surface area contributed by atoms with Crippen molar-refractivity contribution in [2.45, 2.75) is 20.8 Å². The molecule has 0 aliphatic carbocycles. The number of hydrogen-bond acceptors (Lipinski definition) is 3. The molecule has 5 aromatic rings. The number of aryl methyl sites for hydroxylation is 1. The van der Waals surface area contributed by atoms with E-state index in [0.29, 0.717) is 17.9 Å². The van der Waals surface area contributed by atoms with Crippen molar-refractivity contribution >= 4 is 38.9 Å². The summed E-state index contributed by atoms with van der Waals surface area (Å²) >= 11 is 0. The number of rotatable bonds is 6. The number of nitrogens with one attached hydrogen (secondary N) is 1. The number of carbonyl (C=O) groups excluding carboxylic acids is 1. The molecule has 1 amide bonds. The number of ether oxygens (including phenoxy) is 1. The standard InChI is InChI=1S/C31H26FNO3/c1-4-35-30-20(3)31-25(26(18-36-31)23-14-13-21-9-5-6-10-22(21)16-23)17-24(30)19(2)15-29(34)33-28-12-8-7-11-27(28)32/h5-18H,4H2,1-3H3,(H,33,34)/b19-15+. The largest absolute Gasteiger partial charge is 0.493 e. The maximum absolute atomic E-state index is 14.0. The van der Waals surface area contributed by atoms with Gasteiger partial charge in [-0.25, -0.2) is 4.39 Å². The van der Waals surface area contributed by atoms with Crippen LogP contribution < -0.4 is 10.1 Å². The molecule has 0 aliphatic rings. The van der Waals surface area contributed by atoms with E-state index in [0.717, 1.165) is 38.6 Å². The molecule has 0 bridgehead atoms. The van der Waals surface area contributed by atoms with Crippen LogP contribution in [0.3, 0.4) is 0 Å². The maximum Gasteiger partial charge on any atom is 0.248 e. The van der Waals surface area contributed by atoms with Crippen LogP contribution in [-0.2, 0) is 4.79 Å². The first kappa shape index (κ1) is 23.4.